The standard InChI is InChI=1S/C28H28N2O3/c1-3-30-17-24(22-9-4-5-10-25(22)30)23(21-8-6-7-19(2)13-21)15-28(31)29-16-20-11-12-26-27(14-20)33-18-32-26/h4-14,17,23H,3,15-16,18H2,1-2H3,(H,29,31). The van der Waals surface area contributed by atoms with Crippen molar-refractivity contribution >= 4 is 16.8 Å². The second-order valence-corrected chi connectivity index (χ2v) is 8.52. The van der Waals surface area contributed by atoms with Gasteiger partial charge in [-0.25, -0.2) is 0 Å². The van der Waals surface area contributed by atoms with E-state index < -0.39 is 0 Å². The number of benzene rings is 3. The average Bonchev–Trinajstić information content (AvgIpc) is 3.45. The van der Waals surface area contributed by atoms with Crippen LogP contribution in [0.25, 0.3) is 10.9 Å². The van der Waals surface area contributed by atoms with Crippen molar-refractivity contribution in [2.45, 2.75) is 39.3 Å². The van der Waals surface area contributed by atoms with Crippen molar-refractivity contribution in [1.29, 1.82) is 0 Å². The van der Waals surface area contributed by atoms with Crippen LogP contribution in [0.5, 0.6) is 11.5 Å². The van der Waals surface area contributed by atoms with Crippen LogP contribution in [0.1, 0.15) is 41.5 Å². The summed E-state index contributed by atoms with van der Waals surface area (Å²) in [6.45, 7) is 5.82. The highest BCUT2D eigenvalue weighted by atomic mass is 16.7. The summed E-state index contributed by atoms with van der Waals surface area (Å²) in [5.74, 6) is 1.47. The monoisotopic (exact) mass is 440 g/mol. The Morgan fingerprint density at radius 1 is 1.03 bits per heavy atom. The van der Waals surface area contributed by atoms with Crippen LogP contribution in [0.15, 0.2) is 72.9 Å². The summed E-state index contributed by atoms with van der Waals surface area (Å²) >= 11 is 0. The molecule has 1 unspecified atom stereocenters. The minimum atomic E-state index is -0.0284. The van der Waals surface area contributed by atoms with Crippen molar-refractivity contribution in [3.63, 3.8) is 0 Å². The second-order valence-electron chi connectivity index (χ2n) is 8.52. The zero-order valence-corrected chi connectivity index (χ0v) is 19.0. The van der Waals surface area contributed by atoms with Crippen molar-refractivity contribution in [2.24, 2.45) is 0 Å². The van der Waals surface area contributed by atoms with Gasteiger partial charge >= 0.3 is 0 Å². The lowest BCUT2D eigenvalue weighted by Crippen LogP contribution is -2.25. The number of rotatable bonds is 7. The molecule has 0 saturated carbocycles. The maximum atomic E-state index is 13.1. The van der Waals surface area contributed by atoms with Crippen LogP contribution in [0.3, 0.4) is 0 Å². The Morgan fingerprint density at radius 2 is 1.88 bits per heavy atom. The SMILES string of the molecule is CCn1cc(C(CC(=O)NCc2ccc3c(c2)OCO3)c2cccc(C)c2)c2ccccc21. The molecule has 5 rings (SSSR count). The van der Waals surface area contributed by atoms with Crippen LogP contribution < -0.4 is 14.8 Å². The number of hydrogen-bond acceptors (Lipinski definition) is 3. The van der Waals surface area contributed by atoms with Crippen molar-refractivity contribution in [1.82, 2.24) is 9.88 Å². The van der Waals surface area contributed by atoms with Gasteiger partial charge in [0.1, 0.15) is 0 Å². The van der Waals surface area contributed by atoms with E-state index in [0.717, 1.165) is 29.2 Å². The van der Waals surface area contributed by atoms with Crippen molar-refractivity contribution < 1.29 is 14.3 Å². The highest BCUT2D eigenvalue weighted by molar-refractivity contribution is 5.86. The minimum Gasteiger partial charge on any atom is -0.454 e. The fraction of sp³-hybridized carbons (Fsp3) is 0.250. The van der Waals surface area contributed by atoms with Gasteiger partial charge in [-0.1, -0.05) is 54.1 Å². The van der Waals surface area contributed by atoms with Crippen LogP contribution >= 0.6 is 0 Å². The van der Waals surface area contributed by atoms with E-state index in [0.29, 0.717) is 13.0 Å². The summed E-state index contributed by atoms with van der Waals surface area (Å²) in [7, 11) is 0. The van der Waals surface area contributed by atoms with E-state index in [-0.39, 0.29) is 18.6 Å². The quantitative estimate of drug-likeness (QED) is 0.411. The minimum absolute atomic E-state index is 0.0208. The van der Waals surface area contributed by atoms with Crippen LogP contribution in [-0.2, 0) is 17.9 Å². The first-order valence-corrected chi connectivity index (χ1v) is 11.4. The summed E-state index contributed by atoms with van der Waals surface area (Å²) in [6.07, 6.45) is 2.59. The number of carbonyl (C=O) groups is 1. The number of para-hydroxylation sites is 1. The number of nitrogens with one attached hydrogen (secondary N) is 1. The highest BCUT2D eigenvalue weighted by Gasteiger charge is 2.23. The number of ether oxygens (including phenoxy) is 2. The lowest BCUT2D eigenvalue weighted by Gasteiger charge is -2.18. The first kappa shape index (κ1) is 21.1. The summed E-state index contributed by atoms with van der Waals surface area (Å²) in [5.41, 5.74) is 5.73. The molecule has 0 saturated heterocycles. The van der Waals surface area contributed by atoms with E-state index in [2.05, 4.69) is 78.5 Å². The molecule has 1 amide bonds. The van der Waals surface area contributed by atoms with Gasteiger partial charge in [0.15, 0.2) is 11.5 Å². The lowest BCUT2D eigenvalue weighted by molar-refractivity contribution is -0.121. The second kappa shape index (κ2) is 9.02. The molecule has 0 spiro atoms. The molecule has 1 aliphatic rings. The molecule has 1 N–H and O–H groups in total. The average molecular weight is 441 g/mol. The van der Waals surface area contributed by atoms with Crippen LogP contribution in [-0.4, -0.2) is 17.3 Å². The molecule has 4 aromatic rings. The number of carbonyl (C=O) groups excluding carboxylic acids is 1. The maximum Gasteiger partial charge on any atom is 0.231 e. The summed E-state index contributed by atoms with van der Waals surface area (Å²) < 4.78 is 13.1. The van der Waals surface area contributed by atoms with Gasteiger partial charge in [0, 0.05) is 42.5 Å². The van der Waals surface area contributed by atoms with Gasteiger partial charge in [0.2, 0.25) is 12.7 Å². The molecule has 0 radical (unpaired) electrons. The third kappa shape index (κ3) is 4.31. The topological polar surface area (TPSA) is 52.5 Å². The van der Waals surface area contributed by atoms with Crippen molar-refractivity contribution in [3.8, 4) is 11.5 Å². The van der Waals surface area contributed by atoms with Crippen LogP contribution in [0.2, 0.25) is 0 Å². The fourth-order valence-corrected chi connectivity index (χ4v) is 4.62. The molecular formula is C28H28N2O3. The first-order chi connectivity index (χ1) is 16.1. The predicted molar refractivity (Wildman–Crippen MR) is 130 cm³/mol. The van der Waals surface area contributed by atoms with E-state index >= 15 is 0 Å². The van der Waals surface area contributed by atoms with Crippen molar-refractivity contribution in [3.05, 3.63) is 95.2 Å². The lowest BCUT2D eigenvalue weighted by atomic mass is 9.87. The smallest absolute Gasteiger partial charge is 0.231 e. The number of hydrogen-bond donors (Lipinski definition) is 1. The molecule has 1 aromatic heterocycles. The molecule has 0 fully saturated rings. The predicted octanol–water partition coefficient (Wildman–Crippen LogP) is 5.54. The molecular weight excluding hydrogens is 412 g/mol. The number of nitrogens with zero attached hydrogens (tertiary/aromatic N) is 1. The zero-order valence-electron chi connectivity index (χ0n) is 19.0. The molecule has 3 aromatic carbocycles. The Kier molecular flexibility index (Phi) is 5.78. The summed E-state index contributed by atoms with van der Waals surface area (Å²) in [4.78, 5) is 13.1. The Hall–Kier alpha value is -3.73. The van der Waals surface area contributed by atoms with Gasteiger partial charge in [-0.3, -0.25) is 4.79 Å². The number of amides is 1. The Labute approximate surface area is 193 Å². The van der Waals surface area contributed by atoms with Gasteiger partial charge < -0.3 is 19.4 Å². The van der Waals surface area contributed by atoms with Gasteiger partial charge in [0.05, 0.1) is 0 Å². The largest absolute Gasteiger partial charge is 0.454 e. The summed E-state index contributed by atoms with van der Waals surface area (Å²) in [5, 5.41) is 4.30. The van der Waals surface area contributed by atoms with Crippen LogP contribution in [0.4, 0.5) is 0 Å². The highest BCUT2D eigenvalue weighted by Crippen LogP contribution is 2.35. The van der Waals surface area contributed by atoms with Gasteiger partial charge in [-0.2, -0.15) is 0 Å². The van der Waals surface area contributed by atoms with E-state index in [4.69, 9.17) is 9.47 Å². The number of fused-ring (bicyclic) bond motifs is 2. The Bertz CT molecular complexity index is 1310. The van der Waals surface area contributed by atoms with Crippen LogP contribution in [0, 0.1) is 6.92 Å². The number of aromatic nitrogens is 1. The van der Waals surface area contributed by atoms with Crippen molar-refractivity contribution in [2.75, 3.05) is 6.79 Å². The third-order valence-corrected chi connectivity index (χ3v) is 6.30. The third-order valence-electron chi connectivity index (χ3n) is 6.30. The molecule has 1 aliphatic heterocycles. The Morgan fingerprint density at radius 3 is 2.73 bits per heavy atom. The van der Waals surface area contributed by atoms with Gasteiger partial charge in [-0.05, 0) is 48.7 Å². The Balaban J connectivity index is 1.41. The molecule has 5 nitrogen and oxygen atoms in total. The molecule has 2 heterocycles. The molecule has 0 bridgehead atoms. The molecule has 0 aliphatic carbocycles. The van der Waals surface area contributed by atoms with E-state index in [9.17, 15) is 4.79 Å². The van der Waals surface area contributed by atoms with E-state index in [1.165, 1.54) is 22.0 Å². The van der Waals surface area contributed by atoms with Gasteiger partial charge in [0.25, 0.3) is 0 Å². The number of aryl methyl sites for hydroxylation is 2. The van der Waals surface area contributed by atoms with Gasteiger partial charge in [-0.15, -0.1) is 0 Å². The molecule has 33 heavy (non-hydrogen) atoms. The first-order valence-electron chi connectivity index (χ1n) is 11.4. The zero-order chi connectivity index (χ0) is 22.8. The summed E-state index contributed by atoms with van der Waals surface area (Å²) in [6, 6.07) is 22.7. The molecule has 5 heteroatoms. The molecule has 1 atom stereocenters. The fourth-order valence-electron chi connectivity index (χ4n) is 4.62. The normalized spacial score (nSPS) is 13.3. The van der Waals surface area contributed by atoms with E-state index in [1.807, 2.05) is 18.2 Å². The maximum absolute atomic E-state index is 13.1. The molecule has 168 valence electrons. The van der Waals surface area contributed by atoms with E-state index in [1.54, 1.807) is 0 Å².